The molecule has 0 aromatic heterocycles. The van der Waals surface area contributed by atoms with Crippen molar-refractivity contribution in [3.63, 3.8) is 0 Å². The molecule has 0 radical (unpaired) electrons. The number of carbonyl (C=O) groups is 1. The fourth-order valence-electron chi connectivity index (χ4n) is 2.15. The van der Waals surface area contributed by atoms with Crippen molar-refractivity contribution in [3.05, 3.63) is 59.7 Å². The van der Waals surface area contributed by atoms with Crippen molar-refractivity contribution in [3.8, 4) is 11.5 Å². The first-order valence-corrected chi connectivity index (χ1v) is 7.72. The summed E-state index contributed by atoms with van der Waals surface area (Å²) in [6, 6.07) is 15.4. The molecule has 0 unspecified atom stereocenters. The van der Waals surface area contributed by atoms with Gasteiger partial charge < -0.3 is 14.8 Å². The molecule has 2 rings (SSSR count). The Morgan fingerprint density at radius 2 is 1.48 bits per heavy atom. The molecule has 1 amide bonds. The first-order chi connectivity index (χ1) is 11.1. The second kappa shape index (κ2) is 8.22. The summed E-state index contributed by atoms with van der Waals surface area (Å²) in [6.07, 6.45) is 0. The number of hydrogen-bond donors (Lipinski definition) is 1. The predicted octanol–water partition coefficient (Wildman–Crippen LogP) is 3.27. The molecule has 23 heavy (non-hydrogen) atoms. The Morgan fingerprint density at radius 1 is 0.957 bits per heavy atom. The van der Waals surface area contributed by atoms with Crippen LogP contribution in [0.4, 0.5) is 0 Å². The summed E-state index contributed by atoms with van der Waals surface area (Å²) >= 11 is 0. The smallest absolute Gasteiger partial charge is 0.258 e. The third kappa shape index (κ3) is 5.33. The zero-order chi connectivity index (χ0) is 16.7. The molecule has 1 N–H and O–H groups in total. The molecule has 0 spiro atoms. The molecule has 0 heterocycles. The number of amides is 1. The van der Waals surface area contributed by atoms with Crippen LogP contribution in [0.25, 0.3) is 0 Å². The van der Waals surface area contributed by atoms with E-state index in [0.29, 0.717) is 6.61 Å². The van der Waals surface area contributed by atoms with Crippen molar-refractivity contribution in [2.45, 2.75) is 26.8 Å². The molecule has 0 fully saturated rings. The minimum atomic E-state index is -0.158. The topological polar surface area (TPSA) is 47.6 Å². The van der Waals surface area contributed by atoms with E-state index in [1.165, 1.54) is 0 Å². The van der Waals surface area contributed by atoms with Crippen molar-refractivity contribution >= 4 is 5.91 Å². The van der Waals surface area contributed by atoms with Gasteiger partial charge in [0, 0.05) is 0 Å². The highest BCUT2D eigenvalue weighted by atomic mass is 16.5. The molecular weight excluding hydrogens is 290 g/mol. The average Bonchev–Trinajstić information content (AvgIpc) is 2.53. The fraction of sp³-hybridized carbons (Fsp3) is 0.316. The second-order valence-corrected chi connectivity index (χ2v) is 5.60. The van der Waals surface area contributed by atoms with Gasteiger partial charge in [0.1, 0.15) is 18.1 Å². The third-order valence-electron chi connectivity index (χ3n) is 3.44. The number of aryl methyl sites for hydroxylation is 2. The maximum absolute atomic E-state index is 11.9. The van der Waals surface area contributed by atoms with Gasteiger partial charge in [-0.3, -0.25) is 4.79 Å². The molecule has 1 atom stereocenters. The van der Waals surface area contributed by atoms with Gasteiger partial charge >= 0.3 is 0 Å². The maximum atomic E-state index is 11.9. The van der Waals surface area contributed by atoms with Gasteiger partial charge in [0.15, 0.2) is 6.61 Å². The highest BCUT2D eigenvalue weighted by molar-refractivity contribution is 5.77. The Bertz CT molecular complexity index is 655. The number of ether oxygens (including phenoxy) is 2. The SMILES string of the molecule is Cc1ccccc1OCC(=O)N[C@H](C)COc1ccccc1C. The van der Waals surface area contributed by atoms with Crippen LogP contribution >= 0.6 is 0 Å². The van der Waals surface area contributed by atoms with E-state index in [2.05, 4.69) is 5.32 Å². The summed E-state index contributed by atoms with van der Waals surface area (Å²) in [5, 5.41) is 2.87. The molecule has 4 nitrogen and oxygen atoms in total. The van der Waals surface area contributed by atoms with E-state index in [0.717, 1.165) is 22.6 Å². The molecule has 2 aromatic rings. The zero-order valence-electron chi connectivity index (χ0n) is 13.8. The van der Waals surface area contributed by atoms with Crippen molar-refractivity contribution in [2.24, 2.45) is 0 Å². The Labute approximate surface area is 137 Å². The summed E-state index contributed by atoms with van der Waals surface area (Å²) < 4.78 is 11.3. The van der Waals surface area contributed by atoms with Crippen LogP contribution in [0, 0.1) is 13.8 Å². The van der Waals surface area contributed by atoms with Crippen LogP contribution in [-0.2, 0) is 4.79 Å². The van der Waals surface area contributed by atoms with Crippen LogP contribution in [0.15, 0.2) is 48.5 Å². The van der Waals surface area contributed by atoms with Gasteiger partial charge in [-0.25, -0.2) is 0 Å². The number of nitrogens with one attached hydrogen (secondary N) is 1. The molecule has 0 aliphatic heterocycles. The van der Waals surface area contributed by atoms with E-state index >= 15 is 0 Å². The lowest BCUT2D eigenvalue weighted by Gasteiger charge is -2.16. The first kappa shape index (κ1) is 16.9. The molecule has 0 aliphatic rings. The first-order valence-electron chi connectivity index (χ1n) is 7.72. The van der Waals surface area contributed by atoms with Gasteiger partial charge in [0.2, 0.25) is 0 Å². The van der Waals surface area contributed by atoms with Crippen LogP contribution < -0.4 is 14.8 Å². The van der Waals surface area contributed by atoms with Crippen molar-refractivity contribution in [2.75, 3.05) is 13.2 Å². The van der Waals surface area contributed by atoms with E-state index in [1.54, 1.807) is 0 Å². The lowest BCUT2D eigenvalue weighted by molar-refractivity contribution is -0.123. The molecule has 0 aliphatic carbocycles. The minimum Gasteiger partial charge on any atom is -0.491 e. The predicted molar refractivity (Wildman–Crippen MR) is 91.0 cm³/mol. The zero-order valence-corrected chi connectivity index (χ0v) is 13.8. The van der Waals surface area contributed by atoms with E-state index in [-0.39, 0.29) is 18.6 Å². The van der Waals surface area contributed by atoms with E-state index < -0.39 is 0 Å². The van der Waals surface area contributed by atoms with Crippen LogP contribution in [0.5, 0.6) is 11.5 Å². The summed E-state index contributed by atoms with van der Waals surface area (Å²) in [5.41, 5.74) is 2.09. The average molecular weight is 313 g/mol. The Morgan fingerprint density at radius 3 is 2.04 bits per heavy atom. The van der Waals surface area contributed by atoms with Gasteiger partial charge in [-0.05, 0) is 44.0 Å². The molecule has 0 bridgehead atoms. The van der Waals surface area contributed by atoms with Gasteiger partial charge in [0.25, 0.3) is 5.91 Å². The monoisotopic (exact) mass is 313 g/mol. The van der Waals surface area contributed by atoms with Gasteiger partial charge in [-0.15, -0.1) is 0 Å². The normalized spacial score (nSPS) is 11.6. The number of para-hydroxylation sites is 2. The van der Waals surface area contributed by atoms with Crippen molar-refractivity contribution in [1.82, 2.24) is 5.32 Å². The number of hydrogen-bond acceptors (Lipinski definition) is 3. The highest BCUT2D eigenvalue weighted by Crippen LogP contribution is 2.17. The molecule has 2 aromatic carbocycles. The lowest BCUT2D eigenvalue weighted by atomic mass is 10.2. The number of rotatable bonds is 7. The maximum Gasteiger partial charge on any atom is 0.258 e. The second-order valence-electron chi connectivity index (χ2n) is 5.60. The third-order valence-corrected chi connectivity index (χ3v) is 3.44. The molecule has 0 saturated carbocycles. The van der Waals surface area contributed by atoms with Gasteiger partial charge in [-0.2, -0.15) is 0 Å². The van der Waals surface area contributed by atoms with Gasteiger partial charge in [0.05, 0.1) is 6.04 Å². The van der Waals surface area contributed by atoms with E-state index in [1.807, 2.05) is 69.3 Å². The van der Waals surface area contributed by atoms with Crippen molar-refractivity contribution < 1.29 is 14.3 Å². The Hall–Kier alpha value is -2.49. The minimum absolute atomic E-state index is 0.000438. The van der Waals surface area contributed by atoms with Gasteiger partial charge in [-0.1, -0.05) is 36.4 Å². The molecular formula is C19H23NO3. The Balaban J connectivity index is 1.74. The summed E-state index contributed by atoms with van der Waals surface area (Å²) in [4.78, 5) is 11.9. The summed E-state index contributed by atoms with van der Waals surface area (Å²) in [6.45, 7) is 6.27. The molecule has 4 heteroatoms. The molecule has 0 saturated heterocycles. The van der Waals surface area contributed by atoms with Crippen LogP contribution in [0.2, 0.25) is 0 Å². The lowest BCUT2D eigenvalue weighted by Crippen LogP contribution is -2.39. The van der Waals surface area contributed by atoms with Crippen LogP contribution in [0.1, 0.15) is 18.1 Å². The highest BCUT2D eigenvalue weighted by Gasteiger charge is 2.10. The summed E-state index contributed by atoms with van der Waals surface area (Å²) in [5.74, 6) is 1.41. The standard InChI is InChI=1S/C19H23NO3/c1-14-8-4-6-10-17(14)22-12-16(3)20-19(21)13-23-18-11-7-5-9-15(18)2/h4-11,16H,12-13H2,1-3H3,(H,20,21)/t16-/m1/s1. The quantitative estimate of drug-likeness (QED) is 0.853. The molecule has 122 valence electrons. The van der Waals surface area contributed by atoms with Crippen LogP contribution in [0.3, 0.4) is 0 Å². The van der Waals surface area contributed by atoms with Crippen LogP contribution in [-0.4, -0.2) is 25.2 Å². The van der Waals surface area contributed by atoms with E-state index in [9.17, 15) is 4.79 Å². The largest absolute Gasteiger partial charge is 0.491 e. The Kier molecular flexibility index (Phi) is 6.03. The van der Waals surface area contributed by atoms with E-state index in [4.69, 9.17) is 9.47 Å². The fourth-order valence-corrected chi connectivity index (χ4v) is 2.15. The summed E-state index contributed by atoms with van der Waals surface area (Å²) in [7, 11) is 0. The number of benzene rings is 2. The van der Waals surface area contributed by atoms with Crippen molar-refractivity contribution in [1.29, 1.82) is 0 Å². The number of carbonyl (C=O) groups excluding carboxylic acids is 1.